The number of hydrogen-bond acceptors (Lipinski definition) is 3. The van der Waals surface area contributed by atoms with Gasteiger partial charge in [-0.15, -0.1) is 0 Å². The molecule has 1 aromatic carbocycles. The van der Waals surface area contributed by atoms with Gasteiger partial charge >= 0.3 is 0 Å². The van der Waals surface area contributed by atoms with Crippen molar-refractivity contribution in [2.75, 3.05) is 20.3 Å². The molecule has 2 amide bonds. The Kier molecular flexibility index (Phi) is 7.53. The molecule has 0 spiro atoms. The van der Waals surface area contributed by atoms with E-state index in [0.29, 0.717) is 24.7 Å². The predicted molar refractivity (Wildman–Crippen MR) is 93.6 cm³/mol. The first-order valence-electron chi connectivity index (χ1n) is 8.39. The molecule has 5 nitrogen and oxygen atoms in total. The number of benzene rings is 1. The first kappa shape index (κ1) is 18.7. The van der Waals surface area contributed by atoms with E-state index in [2.05, 4.69) is 10.6 Å². The summed E-state index contributed by atoms with van der Waals surface area (Å²) >= 11 is 5.85. The largest absolute Gasteiger partial charge is 0.383 e. The topological polar surface area (TPSA) is 67.4 Å². The SMILES string of the molecule is COCCNC(=O)C1CCC(C(=O)NCc2ccc(Cl)cc2)CC1. The second-order valence-electron chi connectivity index (χ2n) is 6.18. The van der Waals surface area contributed by atoms with Crippen LogP contribution in [0.1, 0.15) is 31.2 Å². The minimum Gasteiger partial charge on any atom is -0.383 e. The molecule has 132 valence electrons. The first-order chi connectivity index (χ1) is 11.6. The van der Waals surface area contributed by atoms with Crippen LogP contribution in [-0.4, -0.2) is 32.1 Å². The highest BCUT2D eigenvalue weighted by atomic mass is 35.5. The van der Waals surface area contributed by atoms with Gasteiger partial charge in [-0.25, -0.2) is 0 Å². The summed E-state index contributed by atoms with van der Waals surface area (Å²) in [7, 11) is 1.61. The molecule has 1 aromatic rings. The molecule has 0 atom stereocenters. The molecule has 1 aliphatic rings. The molecular weight excluding hydrogens is 328 g/mol. The standard InChI is InChI=1S/C18H25ClN2O3/c1-24-11-10-20-17(22)14-4-6-15(7-5-14)18(23)21-12-13-2-8-16(19)9-3-13/h2-3,8-9,14-15H,4-7,10-12H2,1H3,(H,20,22)(H,21,23). The Hall–Kier alpha value is -1.59. The van der Waals surface area contributed by atoms with Gasteiger partial charge in [-0.3, -0.25) is 9.59 Å². The van der Waals surface area contributed by atoms with Crippen LogP contribution in [-0.2, 0) is 20.9 Å². The molecule has 2 rings (SSSR count). The van der Waals surface area contributed by atoms with Gasteiger partial charge in [0.2, 0.25) is 11.8 Å². The molecule has 0 aliphatic heterocycles. The Bertz CT molecular complexity index is 540. The molecule has 1 saturated carbocycles. The molecule has 0 aromatic heterocycles. The van der Waals surface area contributed by atoms with Crippen LogP contribution in [0.2, 0.25) is 5.02 Å². The molecule has 2 N–H and O–H groups in total. The van der Waals surface area contributed by atoms with Crippen LogP contribution in [0, 0.1) is 11.8 Å². The Morgan fingerprint density at radius 2 is 1.58 bits per heavy atom. The summed E-state index contributed by atoms with van der Waals surface area (Å²) in [6.45, 7) is 1.57. The highest BCUT2D eigenvalue weighted by Gasteiger charge is 2.29. The average molecular weight is 353 g/mol. The summed E-state index contributed by atoms with van der Waals surface area (Å²) in [6, 6.07) is 7.45. The summed E-state index contributed by atoms with van der Waals surface area (Å²) < 4.78 is 4.92. The minimum atomic E-state index is 0.000301. The van der Waals surface area contributed by atoms with Gasteiger partial charge in [0.25, 0.3) is 0 Å². The maximum Gasteiger partial charge on any atom is 0.223 e. The second-order valence-corrected chi connectivity index (χ2v) is 6.61. The zero-order valence-electron chi connectivity index (χ0n) is 14.0. The highest BCUT2D eigenvalue weighted by molar-refractivity contribution is 6.30. The summed E-state index contributed by atoms with van der Waals surface area (Å²) in [4.78, 5) is 24.3. The molecule has 0 radical (unpaired) electrons. The molecule has 6 heteroatoms. The third-order valence-corrected chi connectivity index (χ3v) is 4.71. The first-order valence-corrected chi connectivity index (χ1v) is 8.76. The van der Waals surface area contributed by atoms with Gasteiger partial charge in [-0.2, -0.15) is 0 Å². The number of hydrogen-bond donors (Lipinski definition) is 2. The van der Waals surface area contributed by atoms with E-state index in [9.17, 15) is 9.59 Å². The van der Waals surface area contributed by atoms with Crippen LogP contribution in [0.25, 0.3) is 0 Å². The quantitative estimate of drug-likeness (QED) is 0.741. The molecule has 0 unspecified atom stereocenters. The third kappa shape index (κ3) is 5.80. The van der Waals surface area contributed by atoms with Crippen molar-refractivity contribution in [3.8, 4) is 0 Å². The Labute approximate surface area is 148 Å². The number of carbonyl (C=O) groups excluding carboxylic acids is 2. The lowest BCUT2D eigenvalue weighted by Crippen LogP contribution is -2.38. The maximum atomic E-state index is 12.3. The summed E-state index contributed by atoms with van der Waals surface area (Å²) in [5, 5.41) is 6.54. The number of methoxy groups -OCH3 is 1. The fourth-order valence-corrected chi connectivity index (χ4v) is 3.10. The molecule has 24 heavy (non-hydrogen) atoms. The number of rotatable bonds is 7. The smallest absolute Gasteiger partial charge is 0.223 e. The van der Waals surface area contributed by atoms with E-state index in [1.165, 1.54) is 0 Å². The Morgan fingerprint density at radius 1 is 1.04 bits per heavy atom. The van der Waals surface area contributed by atoms with E-state index in [1.807, 2.05) is 24.3 Å². The maximum absolute atomic E-state index is 12.3. The summed E-state index contributed by atoms with van der Waals surface area (Å²) in [6.07, 6.45) is 3.04. The number of halogens is 1. The van der Waals surface area contributed by atoms with Crippen molar-refractivity contribution in [1.29, 1.82) is 0 Å². The van der Waals surface area contributed by atoms with E-state index in [0.717, 1.165) is 31.2 Å². The van der Waals surface area contributed by atoms with Gasteiger partial charge in [0.15, 0.2) is 0 Å². The zero-order valence-corrected chi connectivity index (χ0v) is 14.8. The predicted octanol–water partition coefficient (Wildman–Crippen LogP) is 2.53. The minimum absolute atomic E-state index is 0.000301. The number of ether oxygens (including phenoxy) is 1. The van der Waals surface area contributed by atoms with Crippen LogP contribution in [0.4, 0.5) is 0 Å². The van der Waals surface area contributed by atoms with E-state index < -0.39 is 0 Å². The molecule has 0 bridgehead atoms. The highest BCUT2D eigenvalue weighted by Crippen LogP contribution is 2.29. The van der Waals surface area contributed by atoms with Crippen LogP contribution < -0.4 is 10.6 Å². The lowest BCUT2D eigenvalue weighted by atomic mass is 9.81. The van der Waals surface area contributed by atoms with Gasteiger partial charge in [0.05, 0.1) is 6.61 Å². The Balaban J connectivity index is 1.70. The van der Waals surface area contributed by atoms with Crippen LogP contribution in [0.3, 0.4) is 0 Å². The number of amides is 2. The fraction of sp³-hybridized carbons (Fsp3) is 0.556. The molecular formula is C18H25ClN2O3. The number of carbonyl (C=O) groups is 2. The van der Waals surface area contributed by atoms with Crippen molar-refractivity contribution in [1.82, 2.24) is 10.6 Å². The van der Waals surface area contributed by atoms with E-state index in [1.54, 1.807) is 7.11 Å². The van der Waals surface area contributed by atoms with Crippen LogP contribution in [0.15, 0.2) is 24.3 Å². The normalized spacial score (nSPS) is 20.4. The summed E-state index contributed by atoms with van der Waals surface area (Å²) in [5.74, 6) is 0.165. The molecule has 0 saturated heterocycles. The van der Waals surface area contributed by atoms with Gasteiger partial charge in [-0.05, 0) is 43.4 Å². The molecule has 0 heterocycles. The monoisotopic (exact) mass is 352 g/mol. The van der Waals surface area contributed by atoms with Gasteiger partial charge in [-0.1, -0.05) is 23.7 Å². The van der Waals surface area contributed by atoms with Crippen LogP contribution >= 0.6 is 11.6 Å². The molecule has 1 aliphatic carbocycles. The van der Waals surface area contributed by atoms with Crippen molar-refractivity contribution >= 4 is 23.4 Å². The lowest BCUT2D eigenvalue weighted by molar-refractivity contribution is -0.130. The fourth-order valence-electron chi connectivity index (χ4n) is 2.97. The Morgan fingerprint density at radius 3 is 2.12 bits per heavy atom. The third-order valence-electron chi connectivity index (χ3n) is 4.45. The van der Waals surface area contributed by atoms with Gasteiger partial charge < -0.3 is 15.4 Å². The van der Waals surface area contributed by atoms with E-state index in [4.69, 9.17) is 16.3 Å². The second kappa shape index (κ2) is 9.64. The van der Waals surface area contributed by atoms with Crippen molar-refractivity contribution in [2.24, 2.45) is 11.8 Å². The van der Waals surface area contributed by atoms with Crippen molar-refractivity contribution < 1.29 is 14.3 Å². The number of nitrogens with one attached hydrogen (secondary N) is 2. The van der Waals surface area contributed by atoms with Gasteiger partial charge in [0.1, 0.15) is 0 Å². The average Bonchev–Trinajstić information content (AvgIpc) is 2.61. The van der Waals surface area contributed by atoms with Crippen LogP contribution in [0.5, 0.6) is 0 Å². The van der Waals surface area contributed by atoms with Gasteiger partial charge in [0, 0.05) is 37.1 Å². The molecule has 1 fully saturated rings. The van der Waals surface area contributed by atoms with Crippen molar-refractivity contribution in [3.63, 3.8) is 0 Å². The van der Waals surface area contributed by atoms with Crippen molar-refractivity contribution in [3.05, 3.63) is 34.9 Å². The van der Waals surface area contributed by atoms with Crippen molar-refractivity contribution in [2.45, 2.75) is 32.2 Å². The zero-order chi connectivity index (χ0) is 17.4. The van der Waals surface area contributed by atoms with E-state index in [-0.39, 0.29) is 23.7 Å². The summed E-state index contributed by atoms with van der Waals surface area (Å²) in [5.41, 5.74) is 1.03. The van der Waals surface area contributed by atoms with E-state index >= 15 is 0 Å². The lowest BCUT2D eigenvalue weighted by Gasteiger charge is -2.27.